The van der Waals surface area contributed by atoms with Gasteiger partial charge < -0.3 is 9.84 Å². The number of aromatic nitrogens is 2. The number of epoxide rings is 1. The Hall–Kier alpha value is -1.10. The van der Waals surface area contributed by atoms with Crippen molar-refractivity contribution in [1.29, 1.82) is 0 Å². The normalized spacial score (nSPS) is 37.3. The molecule has 4 nitrogen and oxygen atoms in total. The summed E-state index contributed by atoms with van der Waals surface area (Å²) in [6.07, 6.45) is 1.26. The summed E-state index contributed by atoms with van der Waals surface area (Å²) in [6.45, 7) is 1.98. The molecule has 4 atom stereocenters. The molecule has 1 aliphatic heterocycles. The van der Waals surface area contributed by atoms with Crippen molar-refractivity contribution < 1.29 is 9.84 Å². The Balaban J connectivity index is 1.75. The number of fused-ring (bicyclic) bond motifs is 2. The molecule has 1 saturated heterocycles. The Morgan fingerprint density at radius 3 is 3.00 bits per heavy atom. The number of para-hydroxylation sites is 1. The predicted molar refractivity (Wildman–Crippen MR) is 72.3 cm³/mol. The van der Waals surface area contributed by atoms with Gasteiger partial charge in [0.1, 0.15) is 5.60 Å². The Bertz CT molecular complexity index is 656. The first-order chi connectivity index (χ1) is 9.09. The molecule has 0 spiro atoms. The van der Waals surface area contributed by atoms with Gasteiger partial charge in [0, 0.05) is 5.39 Å². The van der Waals surface area contributed by atoms with Gasteiger partial charge in [-0.05, 0) is 31.9 Å². The SMILES string of the molecule is C[C@]12O[C@H]1C[C@@H](n1nc(Cl)c3ccccc31)C[C@H]2O. The molecule has 1 saturated carbocycles. The van der Waals surface area contributed by atoms with E-state index >= 15 is 0 Å². The minimum Gasteiger partial charge on any atom is -0.390 e. The molecule has 0 bridgehead atoms. The molecular weight excluding hydrogens is 264 g/mol. The number of aliphatic hydroxyl groups is 1. The molecule has 0 unspecified atom stereocenters. The van der Waals surface area contributed by atoms with Crippen molar-refractivity contribution >= 4 is 22.5 Å². The van der Waals surface area contributed by atoms with Crippen LogP contribution < -0.4 is 0 Å². The molecule has 1 aliphatic carbocycles. The molecule has 5 heteroatoms. The second-order valence-electron chi connectivity index (χ2n) is 5.68. The van der Waals surface area contributed by atoms with Gasteiger partial charge in [0.25, 0.3) is 0 Å². The highest BCUT2D eigenvalue weighted by Crippen LogP contribution is 2.51. The van der Waals surface area contributed by atoms with Crippen LogP contribution in [0.5, 0.6) is 0 Å². The van der Waals surface area contributed by atoms with Crippen molar-refractivity contribution in [2.75, 3.05) is 0 Å². The molecule has 0 radical (unpaired) electrons. The van der Waals surface area contributed by atoms with Crippen LogP contribution in [0.25, 0.3) is 10.9 Å². The Morgan fingerprint density at radius 2 is 2.21 bits per heavy atom. The van der Waals surface area contributed by atoms with Crippen molar-refractivity contribution in [3.8, 4) is 0 Å². The number of ether oxygens (including phenoxy) is 1. The zero-order chi connectivity index (χ0) is 13.2. The van der Waals surface area contributed by atoms with E-state index in [-0.39, 0.29) is 17.7 Å². The van der Waals surface area contributed by atoms with Crippen molar-refractivity contribution in [2.24, 2.45) is 0 Å². The molecule has 1 N–H and O–H groups in total. The second-order valence-corrected chi connectivity index (χ2v) is 6.04. The van der Waals surface area contributed by atoms with Crippen molar-refractivity contribution in [2.45, 2.75) is 43.6 Å². The molecule has 1 aromatic carbocycles. The third kappa shape index (κ3) is 1.57. The third-order valence-electron chi connectivity index (χ3n) is 4.54. The summed E-state index contributed by atoms with van der Waals surface area (Å²) < 4.78 is 7.57. The number of halogens is 1. The van der Waals surface area contributed by atoms with E-state index in [9.17, 15) is 5.11 Å². The van der Waals surface area contributed by atoms with Crippen LogP contribution in [0.4, 0.5) is 0 Å². The lowest BCUT2D eigenvalue weighted by atomic mass is 9.85. The fourth-order valence-corrected chi connectivity index (χ4v) is 3.45. The summed E-state index contributed by atoms with van der Waals surface area (Å²) in [4.78, 5) is 0. The van der Waals surface area contributed by atoms with Gasteiger partial charge in [-0.25, -0.2) is 0 Å². The largest absolute Gasteiger partial charge is 0.390 e. The molecule has 2 aliphatic rings. The summed E-state index contributed by atoms with van der Waals surface area (Å²) in [7, 11) is 0. The molecule has 2 fully saturated rings. The minimum atomic E-state index is -0.432. The van der Waals surface area contributed by atoms with E-state index < -0.39 is 6.10 Å². The fraction of sp³-hybridized carbons (Fsp3) is 0.500. The van der Waals surface area contributed by atoms with Crippen LogP contribution in [-0.2, 0) is 4.74 Å². The van der Waals surface area contributed by atoms with Crippen molar-refractivity contribution in [3.63, 3.8) is 0 Å². The summed E-state index contributed by atoms with van der Waals surface area (Å²) in [6, 6.07) is 8.07. The van der Waals surface area contributed by atoms with Crippen LogP contribution in [0.1, 0.15) is 25.8 Å². The maximum atomic E-state index is 10.2. The highest BCUT2D eigenvalue weighted by Gasteiger charge is 2.61. The van der Waals surface area contributed by atoms with Gasteiger partial charge in [-0.2, -0.15) is 5.10 Å². The van der Waals surface area contributed by atoms with Crippen LogP contribution in [0.3, 0.4) is 0 Å². The van der Waals surface area contributed by atoms with Crippen LogP contribution in [0, 0.1) is 0 Å². The zero-order valence-electron chi connectivity index (χ0n) is 10.6. The number of benzene rings is 1. The maximum absolute atomic E-state index is 10.2. The van der Waals surface area contributed by atoms with E-state index in [2.05, 4.69) is 5.10 Å². The average molecular weight is 279 g/mol. The van der Waals surface area contributed by atoms with E-state index in [0.717, 1.165) is 17.3 Å². The first-order valence-electron chi connectivity index (χ1n) is 6.58. The lowest BCUT2D eigenvalue weighted by molar-refractivity contribution is 0.0597. The highest BCUT2D eigenvalue weighted by atomic mass is 35.5. The first kappa shape index (κ1) is 11.7. The fourth-order valence-electron chi connectivity index (χ4n) is 3.21. The van der Waals surface area contributed by atoms with Crippen LogP contribution in [-0.4, -0.2) is 32.7 Å². The molecule has 1 aromatic heterocycles. The van der Waals surface area contributed by atoms with Gasteiger partial charge in [0.05, 0.1) is 23.8 Å². The number of hydrogen-bond acceptors (Lipinski definition) is 3. The van der Waals surface area contributed by atoms with Crippen molar-refractivity contribution in [1.82, 2.24) is 9.78 Å². The number of rotatable bonds is 1. The molecule has 4 rings (SSSR count). The van der Waals surface area contributed by atoms with Crippen LogP contribution >= 0.6 is 11.6 Å². The second kappa shape index (κ2) is 3.72. The lowest BCUT2D eigenvalue weighted by Crippen LogP contribution is -2.37. The lowest BCUT2D eigenvalue weighted by Gasteiger charge is -2.27. The Labute approximate surface area is 115 Å². The number of hydrogen-bond donors (Lipinski definition) is 1. The third-order valence-corrected chi connectivity index (χ3v) is 4.82. The minimum absolute atomic E-state index is 0.142. The standard InChI is InChI=1S/C14H15ClN2O2/c1-14-11(18)6-8(7-12(14)19-14)17-10-5-3-2-4-9(10)13(15)16-17/h2-5,8,11-12,18H,6-7H2,1H3/t8-,11+,12-,14+/m0/s1. The molecule has 2 aromatic rings. The first-order valence-corrected chi connectivity index (χ1v) is 6.96. The highest BCUT2D eigenvalue weighted by molar-refractivity contribution is 6.34. The van der Waals surface area contributed by atoms with Gasteiger partial charge in [0.2, 0.25) is 0 Å². The predicted octanol–water partition coefficient (Wildman–Crippen LogP) is 2.54. The van der Waals surface area contributed by atoms with Crippen LogP contribution in [0.15, 0.2) is 24.3 Å². The van der Waals surface area contributed by atoms with E-state index in [4.69, 9.17) is 16.3 Å². The van der Waals surface area contributed by atoms with Crippen LogP contribution in [0.2, 0.25) is 5.15 Å². The van der Waals surface area contributed by atoms with E-state index in [1.165, 1.54) is 0 Å². The van der Waals surface area contributed by atoms with Gasteiger partial charge in [-0.15, -0.1) is 0 Å². The average Bonchev–Trinajstić information content (AvgIpc) is 2.97. The summed E-state index contributed by atoms with van der Waals surface area (Å²) in [5.41, 5.74) is 0.692. The summed E-state index contributed by atoms with van der Waals surface area (Å²) >= 11 is 6.18. The maximum Gasteiger partial charge on any atom is 0.158 e. The summed E-state index contributed by atoms with van der Waals surface area (Å²) in [5, 5.41) is 16.1. The molecule has 2 heterocycles. The zero-order valence-corrected chi connectivity index (χ0v) is 11.3. The molecule has 19 heavy (non-hydrogen) atoms. The summed E-state index contributed by atoms with van der Waals surface area (Å²) in [5.74, 6) is 0. The number of aliphatic hydroxyl groups excluding tert-OH is 1. The van der Waals surface area contributed by atoms with E-state index in [1.54, 1.807) is 0 Å². The Morgan fingerprint density at radius 1 is 1.42 bits per heavy atom. The monoisotopic (exact) mass is 278 g/mol. The van der Waals surface area contributed by atoms with Gasteiger partial charge in [0.15, 0.2) is 5.15 Å². The molecular formula is C14H15ClN2O2. The van der Waals surface area contributed by atoms with E-state index in [1.807, 2.05) is 35.9 Å². The van der Waals surface area contributed by atoms with Gasteiger partial charge in [-0.1, -0.05) is 23.7 Å². The van der Waals surface area contributed by atoms with Crippen molar-refractivity contribution in [3.05, 3.63) is 29.4 Å². The van der Waals surface area contributed by atoms with Gasteiger partial charge in [-0.3, -0.25) is 4.68 Å². The Kier molecular flexibility index (Phi) is 2.29. The molecule has 100 valence electrons. The molecule has 0 amide bonds. The quantitative estimate of drug-likeness (QED) is 0.816. The smallest absolute Gasteiger partial charge is 0.158 e. The topological polar surface area (TPSA) is 50.6 Å². The van der Waals surface area contributed by atoms with Gasteiger partial charge >= 0.3 is 0 Å². The van der Waals surface area contributed by atoms with E-state index in [0.29, 0.717) is 11.6 Å². The number of nitrogens with zero attached hydrogens (tertiary/aromatic N) is 2.